The van der Waals surface area contributed by atoms with E-state index >= 15 is 0 Å². The van der Waals surface area contributed by atoms with E-state index in [1.807, 2.05) is 0 Å². The van der Waals surface area contributed by atoms with E-state index in [0.717, 1.165) is 23.1 Å². The number of carbonyl (C=O) groups is 1. The Labute approximate surface area is 132 Å². The molecule has 2 aromatic rings. The zero-order valence-electron chi connectivity index (χ0n) is 12.2. The fourth-order valence-corrected chi connectivity index (χ4v) is 4.46. The maximum atomic E-state index is 13.6. The number of amides is 1. The van der Waals surface area contributed by atoms with E-state index in [9.17, 15) is 22.0 Å². The third kappa shape index (κ3) is 2.72. The molecule has 0 saturated carbocycles. The van der Waals surface area contributed by atoms with Gasteiger partial charge in [0.25, 0.3) is 0 Å². The van der Waals surface area contributed by atoms with Gasteiger partial charge >= 0.3 is 0 Å². The van der Waals surface area contributed by atoms with Crippen molar-refractivity contribution in [3.05, 3.63) is 65.2 Å². The van der Waals surface area contributed by atoms with Gasteiger partial charge in [0.15, 0.2) is 15.2 Å². The molecule has 1 heterocycles. The lowest BCUT2D eigenvalue weighted by Crippen LogP contribution is -2.29. The van der Waals surface area contributed by atoms with Crippen molar-refractivity contribution in [2.24, 2.45) is 0 Å². The molecule has 23 heavy (non-hydrogen) atoms. The van der Waals surface area contributed by atoms with Crippen LogP contribution in [0.2, 0.25) is 0 Å². The Kier molecular flexibility index (Phi) is 3.68. The minimum Gasteiger partial charge on any atom is -0.289 e. The third-order valence-corrected chi connectivity index (χ3v) is 5.57. The number of halogens is 2. The Morgan fingerprint density at radius 1 is 1.04 bits per heavy atom. The van der Waals surface area contributed by atoms with E-state index in [-0.39, 0.29) is 11.3 Å². The first kappa shape index (κ1) is 15.6. The van der Waals surface area contributed by atoms with Crippen LogP contribution in [0.5, 0.6) is 0 Å². The Bertz CT molecular complexity index is 879. The Balaban J connectivity index is 2.18. The average molecular weight is 337 g/mol. The van der Waals surface area contributed by atoms with Crippen LogP contribution in [0.25, 0.3) is 0 Å². The lowest BCUT2D eigenvalue weighted by molar-refractivity contribution is -0.115. The topological polar surface area (TPSA) is 54.5 Å². The largest absolute Gasteiger partial charge is 0.289 e. The molecule has 1 amide bonds. The van der Waals surface area contributed by atoms with E-state index in [1.54, 1.807) is 6.92 Å². The molecular weight excluding hydrogens is 324 g/mol. The molecule has 3 rings (SSSR count). The standard InChI is InChI=1S/C16H13F2NO3S/c1-10-2-5-13(18)8-14(10)19-15(20)9-23(21,22)16(19)11-3-6-12(17)7-4-11/h2-8,16H,9H2,1H3. The minimum atomic E-state index is -3.80. The normalized spacial score (nSPS) is 20.0. The van der Waals surface area contributed by atoms with Gasteiger partial charge in [-0.2, -0.15) is 0 Å². The van der Waals surface area contributed by atoms with E-state index < -0.39 is 38.5 Å². The Hall–Kier alpha value is -2.28. The molecule has 2 aromatic carbocycles. The van der Waals surface area contributed by atoms with Gasteiger partial charge in [0.1, 0.15) is 17.4 Å². The molecule has 0 radical (unpaired) electrons. The van der Waals surface area contributed by atoms with Gasteiger partial charge in [0.05, 0.1) is 5.69 Å². The second-order valence-corrected chi connectivity index (χ2v) is 7.47. The first-order valence-corrected chi connectivity index (χ1v) is 8.56. The number of aryl methyl sites for hydroxylation is 1. The van der Waals surface area contributed by atoms with Gasteiger partial charge in [-0.1, -0.05) is 18.2 Å². The summed E-state index contributed by atoms with van der Waals surface area (Å²) in [4.78, 5) is 13.3. The molecule has 1 unspecified atom stereocenters. The fraction of sp³-hybridized carbons (Fsp3) is 0.188. The van der Waals surface area contributed by atoms with Gasteiger partial charge in [-0.15, -0.1) is 0 Å². The van der Waals surface area contributed by atoms with Crippen LogP contribution in [0.3, 0.4) is 0 Å². The molecule has 7 heteroatoms. The number of carbonyl (C=O) groups excluding carboxylic acids is 1. The summed E-state index contributed by atoms with van der Waals surface area (Å²) >= 11 is 0. The molecular formula is C16H13F2NO3S. The third-order valence-electron chi connectivity index (χ3n) is 3.75. The van der Waals surface area contributed by atoms with Crippen LogP contribution in [0.15, 0.2) is 42.5 Å². The summed E-state index contributed by atoms with van der Waals surface area (Å²) < 4.78 is 51.4. The molecule has 1 atom stereocenters. The monoisotopic (exact) mass is 337 g/mol. The molecule has 4 nitrogen and oxygen atoms in total. The second-order valence-electron chi connectivity index (χ2n) is 5.41. The lowest BCUT2D eigenvalue weighted by Gasteiger charge is -2.25. The Morgan fingerprint density at radius 2 is 1.65 bits per heavy atom. The molecule has 0 N–H and O–H groups in total. The summed E-state index contributed by atoms with van der Waals surface area (Å²) in [6.07, 6.45) is 0. The molecule has 0 aliphatic carbocycles. The smallest absolute Gasteiger partial charge is 0.243 e. The maximum Gasteiger partial charge on any atom is 0.243 e. The number of hydrogen-bond donors (Lipinski definition) is 0. The van der Waals surface area contributed by atoms with Crippen molar-refractivity contribution in [1.82, 2.24) is 0 Å². The minimum absolute atomic E-state index is 0.199. The van der Waals surface area contributed by atoms with Gasteiger partial charge in [0, 0.05) is 0 Å². The van der Waals surface area contributed by atoms with Gasteiger partial charge < -0.3 is 0 Å². The first-order valence-electron chi connectivity index (χ1n) is 6.85. The number of anilines is 1. The van der Waals surface area contributed by atoms with Crippen molar-refractivity contribution in [2.45, 2.75) is 12.3 Å². The van der Waals surface area contributed by atoms with Crippen LogP contribution in [0.1, 0.15) is 16.5 Å². The number of hydrogen-bond acceptors (Lipinski definition) is 3. The van der Waals surface area contributed by atoms with Gasteiger partial charge in [-0.05, 0) is 42.3 Å². The molecule has 0 bridgehead atoms. The van der Waals surface area contributed by atoms with E-state index in [2.05, 4.69) is 0 Å². The van der Waals surface area contributed by atoms with Gasteiger partial charge in [-0.25, -0.2) is 17.2 Å². The van der Waals surface area contributed by atoms with Crippen molar-refractivity contribution >= 4 is 21.4 Å². The number of sulfone groups is 1. The predicted octanol–water partition coefficient (Wildman–Crippen LogP) is 2.73. The van der Waals surface area contributed by atoms with Crippen molar-refractivity contribution in [3.8, 4) is 0 Å². The second kappa shape index (κ2) is 5.42. The van der Waals surface area contributed by atoms with Crippen LogP contribution in [0, 0.1) is 18.6 Å². The highest BCUT2D eigenvalue weighted by Gasteiger charge is 2.46. The molecule has 1 aliphatic heterocycles. The molecule has 1 fully saturated rings. The first-order chi connectivity index (χ1) is 10.8. The molecule has 0 spiro atoms. The van der Waals surface area contributed by atoms with E-state index in [1.165, 1.54) is 24.3 Å². The number of nitrogens with zero attached hydrogens (tertiary/aromatic N) is 1. The fourth-order valence-electron chi connectivity index (χ4n) is 2.70. The molecule has 120 valence electrons. The summed E-state index contributed by atoms with van der Waals surface area (Å²) in [5.41, 5.74) is 1.04. The summed E-state index contributed by atoms with van der Waals surface area (Å²) in [5, 5.41) is -1.28. The molecule has 1 saturated heterocycles. The highest BCUT2D eigenvalue weighted by Crippen LogP contribution is 2.39. The average Bonchev–Trinajstić information content (AvgIpc) is 2.71. The van der Waals surface area contributed by atoms with Gasteiger partial charge in [0.2, 0.25) is 5.91 Å². The van der Waals surface area contributed by atoms with E-state index in [4.69, 9.17) is 0 Å². The van der Waals surface area contributed by atoms with Crippen molar-refractivity contribution < 1.29 is 22.0 Å². The quantitative estimate of drug-likeness (QED) is 0.847. The lowest BCUT2D eigenvalue weighted by atomic mass is 10.1. The Morgan fingerprint density at radius 3 is 2.30 bits per heavy atom. The highest BCUT2D eigenvalue weighted by atomic mass is 32.2. The molecule has 1 aliphatic rings. The number of rotatable bonds is 2. The van der Waals surface area contributed by atoms with Crippen LogP contribution < -0.4 is 4.90 Å². The van der Waals surface area contributed by atoms with E-state index in [0.29, 0.717) is 5.56 Å². The maximum absolute atomic E-state index is 13.6. The van der Waals surface area contributed by atoms with Crippen molar-refractivity contribution in [2.75, 3.05) is 10.7 Å². The zero-order valence-corrected chi connectivity index (χ0v) is 13.0. The van der Waals surface area contributed by atoms with Crippen LogP contribution in [-0.4, -0.2) is 20.1 Å². The van der Waals surface area contributed by atoms with Crippen molar-refractivity contribution in [1.29, 1.82) is 0 Å². The summed E-state index contributed by atoms with van der Waals surface area (Å²) in [6.45, 7) is 1.66. The van der Waals surface area contributed by atoms with Crippen LogP contribution in [0.4, 0.5) is 14.5 Å². The summed E-state index contributed by atoms with van der Waals surface area (Å²) in [7, 11) is -3.80. The summed E-state index contributed by atoms with van der Waals surface area (Å²) in [5.74, 6) is -2.37. The number of benzene rings is 2. The van der Waals surface area contributed by atoms with Crippen LogP contribution in [-0.2, 0) is 14.6 Å². The molecule has 0 aromatic heterocycles. The van der Waals surface area contributed by atoms with Crippen molar-refractivity contribution in [3.63, 3.8) is 0 Å². The van der Waals surface area contributed by atoms with Gasteiger partial charge in [-0.3, -0.25) is 9.69 Å². The summed E-state index contributed by atoms with van der Waals surface area (Å²) in [6, 6.07) is 8.74. The van der Waals surface area contributed by atoms with Crippen LogP contribution >= 0.6 is 0 Å². The SMILES string of the molecule is Cc1ccc(F)cc1N1C(=O)CS(=O)(=O)C1c1ccc(F)cc1. The zero-order chi connectivity index (χ0) is 16.8. The highest BCUT2D eigenvalue weighted by molar-refractivity contribution is 7.93. The predicted molar refractivity (Wildman–Crippen MR) is 81.6 cm³/mol.